The Morgan fingerprint density at radius 2 is 1.72 bits per heavy atom. The van der Waals surface area contributed by atoms with E-state index in [-0.39, 0.29) is 12.8 Å². The van der Waals surface area contributed by atoms with Gasteiger partial charge in [-0.15, -0.1) is 0 Å². The van der Waals surface area contributed by atoms with Gasteiger partial charge in [-0.2, -0.15) is 4.99 Å². The van der Waals surface area contributed by atoms with Crippen molar-refractivity contribution in [3.05, 3.63) is 53.6 Å². The van der Waals surface area contributed by atoms with Gasteiger partial charge in [0.05, 0.1) is 6.54 Å². The summed E-state index contributed by atoms with van der Waals surface area (Å²) in [6, 6.07) is 14.0. The Hall–Kier alpha value is -3.22. The van der Waals surface area contributed by atoms with E-state index in [1.165, 1.54) is 31.2 Å². The van der Waals surface area contributed by atoms with Crippen LogP contribution in [0.2, 0.25) is 0 Å². The summed E-state index contributed by atoms with van der Waals surface area (Å²) in [5, 5.41) is 3.18. The molecule has 0 spiro atoms. The number of hydrogen-bond acceptors (Lipinski definition) is 3. The van der Waals surface area contributed by atoms with Crippen LogP contribution in [0.1, 0.15) is 43.7 Å². The third-order valence-electron chi connectivity index (χ3n) is 4.61. The molecule has 0 aromatic heterocycles. The van der Waals surface area contributed by atoms with Crippen LogP contribution in [0, 0.1) is 0 Å². The number of aryl methyl sites for hydroxylation is 1. The van der Waals surface area contributed by atoms with Crippen molar-refractivity contribution in [3.8, 4) is 11.5 Å². The van der Waals surface area contributed by atoms with Gasteiger partial charge in [0.15, 0.2) is 17.5 Å². The molecule has 0 radical (unpaired) electrons. The van der Waals surface area contributed by atoms with E-state index in [1.807, 2.05) is 30.3 Å². The third kappa shape index (κ3) is 6.41. The average molecular weight is 396 g/mol. The Balaban J connectivity index is 1.63. The second-order valence-electron chi connectivity index (χ2n) is 7.00. The van der Waals surface area contributed by atoms with Crippen LogP contribution in [0.5, 0.6) is 11.5 Å². The van der Waals surface area contributed by atoms with Crippen LogP contribution in [0.15, 0.2) is 52.4 Å². The molecule has 5 N–H and O–H groups in total. The lowest BCUT2D eigenvalue weighted by molar-refractivity contribution is 0.174. The van der Waals surface area contributed by atoms with E-state index in [0.717, 1.165) is 29.2 Å². The fourth-order valence-electron chi connectivity index (χ4n) is 3.07. The Kier molecular flexibility index (Phi) is 7.33. The smallest absolute Gasteiger partial charge is 0.231 e. The quantitative estimate of drug-likeness (QED) is 0.358. The molecule has 2 aromatic rings. The lowest BCUT2D eigenvalue weighted by Gasteiger charge is -2.08. The van der Waals surface area contributed by atoms with Gasteiger partial charge in [-0.3, -0.25) is 0 Å². The topological polar surface area (TPSA) is 107 Å². The highest BCUT2D eigenvalue weighted by Crippen LogP contribution is 2.32. The van der Waals surface area contributed by atoms with Crippen LogP contribution < -0.4 is 26.3 Å². The molecule has 1 heterocycles. The minimum absolute atomic E-state index is 0.0468. The molecule has 0 amide bonds. The van der Waals surface area contributed by atoms with Crippen LogP contribution in [0.3, 0.4) is 0 Å². The Morgan fingerprint density at radius 1 is 0.966 bits per heavy atom. The summed E-state index contributed by atoms with van der Waals surface area (Å²) in [7, 11) is 0. The maximum atomic E-state index is 5.56. The second-order valence-corrected chi connectivity index (χ2v) is 7.00. The molecule has 7 nitrogen and oxygen atoms in total. The van der Waals surface area contributed by atoms with E-state index in [1.54, 1.807) is 0 Å². The van der Waals surface area contributed by atoms with E-state index < -0.39 is 0 Å². The molecular weight excluding hydrogens is 366 g/mol. The summed E-state index contributed by atoms with van der Waals surface area (Å²) >= 11 is 0. The zero-order chi connectivity index (χ0) is 20.5. The second kappa shape index (κ2) is 10.4. The van der Waals surface area contributed by atoms with Crippen molar-refractivity contribution in [2.24, 2.45) is 21.5 Å². The van der Waals surface area contributed by atoms with Crippen LogP contribution in [0.4, 0.5) is 5.69 Å². The maximum absolute atomic E-state index is 5.56. The number of guanidine groups is 2. The first kappa shape index (κ1) is 20.5. The molecule has 154 valence electrons. The summed E-state index contributed by atoms with van der Waals surface area (Å²) in [6.07, 6.45) is 6.14. The van der Waals surface area contributed by atoms with Crippen LogP contribution in [0.25, 0.3) is 0 Å². The van der Waals surface area contributed by atoms with Gasteiger partial charge in [0.25, 0.3) is 0 Å². The van der Waals surface area contributed by atoms with Crippen molar-refractivity contribution in [3.63, 3.8) is 0 Å². The van der Waals surface area contributed by atoms with Gasteiger partial charge >= 0.3 is 0 Å². The minimum atomic E-state index is -0.0468. The number of benzene rings is 2. The first-order valence-corrected chi connectivity index (χ1v) is 10.0. The first-order chi connectivity index (χ1) is 14.1. The molecule has 0 atom stereocenters. The normalized spacial score (nSPS) is 12.7. The molecule has 2 aromatic carbocycles. The van der Waals surface area contributed by atoms with E-state index in [9.17, 15) is 0 Å². The summed E-state index contributed by atoms with van der Waals surface area (Å²) in [5.41, 5.74) is 14.3. The molecule has 1 aliphatic rings. The van der Waals surface area contributed by atoms with Crippen molar-refractivity contribution in [1.29, 1.82) is 0 Å². The molecule has 0 bridgehead atoms. The van der Waals surface area contributed by atoms with Gasteiger partial charge in [-0.25, -0.2) is 4.99 Å². The zero-order valence-electron chi connectivity index (χ0n) is 16.9. The highest BCUT2D eigenvalue weighted by molar-refractivity contribution is 6.01. The van der Waals surface area contributed by atoms with E-state index in [4.69, 9.17) is 20.9 Å². The lowest BCUT2D eigenvalue weighted by atomic mass is 10.1. The fraction of sp³-hybridized carbons (Fsp3) is 0.364. The van der Waals surface area contributed by atoms with E-state index in [0.29, 0.717) is 12.5 Å². The average Bonchev–Trinajstić information content (AvgIpc) is 3.18. The maximum Gasteiger partial charge on any atom is 0.231 e. The number of fused-ring (bicyclic) bond motifs is 1. The van der Waals surface area contributed by atoms with Crippen molar-refractivity contribution < 1.29 is 9.47 Å². The molecule has 1 aliphatic heterocycles. The molecule has 0 fully saturated rings. The predicted molar refractivity (Wildman–Crippen MR) is 117 cm³/mol. The lowest BCUT2D eigenvalue weighted by Crippen LogP contribution is -2.26. The van der Waals surface area contributed by atoms with Gasteiger partial charge in [0.1, 0.15) is 0 Å². The summed E-state index contributed by atoms with van der Waals surface area (Å²) in [5.74, 6) is 1.78. The Morgan fingerprint density at radius 3 is 2.48 bits per heavy atom. The molecule has 0 unspecified atom stereocenters. The predicted octanol–water partition coefficient (Wildman–Crippen LogP) is 3.78. The fourth-order valence-corrected chi connectivity index (χ4v) is 3.07. The number of aliphatic imine (C=N–C) groups is 2. The number of ether oxygens (including phenoxy) is 2. The minimum Gasteiger partial charge on any atom is -0.454 e. The molecule has 0 saturated carbocycles. The molecule has 0 aliphatic carbocycles. The standard InChI is InChI=1S/C22H29N5O2/c1-2-3-4-5-6-16-7-10-18(11-8-16)26-22(27-21(23)24)25-14-17-9-12-19-20(13-17)29-15-28-19/h7-13H,2-6,14-15H2,1H3,(H5,23,24,25,26,27). The molecule has 7 heteroatoms. The number of unbranched alkanes of at least 4 members (excludes halogenated alkanes) is 3. The highest BCUT2D eigenvalue weighted by Gasteiger charge is 2.13. The monoisotopic (exact) mass is 395 g/mol. The van der Waals surface area contributed by atoms with Crippen molar-refractivity contribution >= 4 is 17.6 Å². The van der Waals surface area contributed by atoms with E-state index >= 15 is 0 Å². The Labute approximate surface area is 171 Å². The number of nitrogens with zero attached hydrogens (tertiary/aromatic N) is 2. The summed E-state index contributed by atoms with van der Waals surface area (Å²) < 4.78 is 10.7. The SMILES string of the molecule is CCCCCCc1ccc(NC(N=C(N)N)=NCc2ccc3c(c2)OCO3)cc1. The van der Waals surface area contributed by atoms with Crippen molar-refractivity contribution in [2.45, 2.75) is 45.6 Å². The highest BCUT2D eigenvalue weighted by atomic mass is 16.7. The largest absolute Gasteiger partial charge is 0.454 e. The number of hydrogen-bond donors (Lipinski definition) is 3. The summed E-state index contributed by atoms with van der Waals surface area (Å²) in [4.78, 5) is 8.62. The zero-order valence-corrected chi connectivity index (χ0v) is 16.9. The number of rotatable bonds is 8. The number of nitrogens with two attached hydrogens (primary N) is 2. The van der Waals surface area contributed by atoms with Gasteiger partial charge in [0, 0.05) is 5.69 Å². The number of nitrogens with one attached hydrogen (secondary N) is 1. The van der Waals surface area contributed by atoms with Gasteiger partial charge in [0.2, 0.25) is 12.8 Å². The van der Waals surface area contributed by atoms with Gasteiger partial charge in [-0.1, -0.05) is 44.4 Å². The number of anilines is 1. The van der Waals surface area contributed by atoms with Gasteiger partial charge < -0.3 is 26.3 Å². The van der Waals surface area contributed by atoms with Crippen LogP contribution in [-0.4, -0.2) is 18.7 Å². The molecule has 29 heavy (non-hydrogen) atoms. The summed E-state index contributed by atoms with van der Waals surface area (Å²) in [6.45, 7) is 2.88. The molecule has 3 rings (SSSR count). The molecular formula is C22H29N5O2. The first-order valence-electron chi connectivity index (χ1n) is 10.0. The van der Waals surface area contributed by atoms with Crippen molar-refractivity contribution in [2.75, 3.05) is 12.1 Å². The Bertz CT molecular complexity index is 858. The van der Waals surface area contributed by atoms with Gasteiger partial charge in [-0.05, 0) is 48.2 Å². The van der Waals surface area contributed by atoms with E-state index in [2.05, 4.69) is 34.4 Å². The molecule has 0 saturated heterocycles. The van der Waals surface area contributed by atoms with Crippen LogP contribution >= 0.6 is 0 Å². The van der Waals surface area contributed by atoms with Crippen molar-refractivity contribution in [1.82, 2.24) is 0 Å². The third-order valence-corrected chi connectivity index (χ3v) is 4.61. The van der Waals surface area contributed by atoms with Crippen LogP contribution in [-0.2, 0) is 13.0 Å².